The molecule has 4 aromatic rings. The van der Waals surface area contributed by atoms with Crippen molar-refractivity contribution < 1.29 is 9.13 Å². The lowest BCUT2D eigenvalue weighted by Crippen LogP contribution is -2.22. The van der Waals surface area contributed by atoms with Gasteiger partial charge in [-0.2, -0.15) is 10.2 Å². The molecule has 2 atom stereocenters. The van der Waals surface area contributed by atoms with Gasteiger partial charge in [-0.05, 0) is 49.9 Å². The number of aryl methyl sites for hydroxylation is 1. The van der Waals surface area contributed by atoms with Crippen LogP contribution in [-0.2, 0) is 11.8 Å². The van der Waals surface area contributed by atoms with Crippen LogP contribution in [0.2, 0.25) is 5.02 Å². The molecular weight excluding hydrogens is 457 g/mol. The summed E-state index contributed by atoms with van der Waals surface area (Å²) in [7, 11) is 1.60. The van der Waals surface area contributed by atoms with Crippen molar-refractivity contribution in [2.45, 2.75) is 43.7 Å². The first kappa shape index (κ1) is 21.4. The largest absolute Gasteiger partial charge is 0.373 e. The highest BCUT2D eigenvalue weighted by molar-refractivity contribution is 6.30. The van der Waals surface area contributed by atoms with Crippen molar-refractivity contribution in [3.63, 3.8) is 0 Å². The van der Waals surface area contributed by atoms with Gasteiger partial charge in [0, 0.05) is 53.0 Å². The minimum Gasteiger partial charge on any atom is -0.373 e. The summed E-state index contributed by atoms with van der Waals surface area (Å²) in [5.41, 5.74) is 2.26. The number of fused-ring (bicyclic) bond motifs is 1. The van der Waals surface area contributed by atoms with Gasteiger partial charge in [0.2, 0.25) is 0 Å². The highest BCUT2D eigenvalue weighted by atomic mass is 35.5. The van der Waals surface area contributed by atoms with E-state index in [1.807, 2.05) is 16.9 Å². The smallest absolute Gasteiger partial charge is 0.274 e. The molecule has 1 aliphatic carbocycles. The van der Waals surface area contributed by atoms with Gasteiger partial charge in [-0.1, -0.05) is 11.6 Å². The van der Waals surface area contributed by atoms with E-state index in [1.165, 1.54) is 23.6 Å². The number of pyridine rings is 1. The zero-order valence-electron chi connectivity index (χ0n) is 18.6. The first-order chi connectivity index (χ1) is 16.5. The van der Waals surface area contributed by atoms with Crippen LogP contribution in [0.15, 0.2) is 47.7 Å². The van der Waals surface area contributed by atoms with E-state index in [2.05, 4.69) is 16.4 Å². The van der Waals surface area contributed by atoms with Crippen LogP contribution >= 0.6 is 11.6 Å². The van der Waals surface area contributed by atoms with E-state index in [-0.39, 0.29) is 17.6 Å². The highest BCUT2D eigenvalue weighted by Gasteiger charge is 2.30. The average molecular weight is 480 g/mol. The maximum Gasteiger partial charge on any atom is 0.274 e. The molecule has 1 aromatic carbocycles. The molecule has 9 heteroatoms. The van der Waals surface area contributed by atoms with E-state index in [0.717, 1.165) is 17.7 Å². The zero-order chi connectivity index (χ0) is 23.4. The summed E-state index contributed by atoms with van der Waals surface area (Å²) < 4.78 is 24.3. The van der Waals surface area contributed by atoms with Crippen LogP contribution in [0.25, 0.3) is 22.0 Å². The van der Waals surface area contributed by atoms with Crippen molar-refractivity contribution in [1.82, 2.24) is 24.5 Å². The third kappa shape index (κ3) is 3.80. The molecular formula is C25H23ClFN5O2. The molecule has 0 radical (unpaired) electrons. The van der Waals surface area contributed by atoms with Crippen LogP contribution in [0, 0.1) is 5.82 Å². The van der Waals surface area contributed by atoms with Crippen LogP contribution in [-0.4, -0.2) is 31.2 Å². The second-order valence-electron chi connectivity index (χ2n) is 9.12. The average Bonchev–Trinajstić information content (AvgIpc) is 3.57. The van der Waals surface area contributed by atoms with Crippen molar-refractivity contribution in [3.05, 3.63) is 75.3 Å². The molecule has 34 heavy (non-hydrogen) atoms. The van der Waals surface area contributed by atoms with Gasteiger partial charge in [0.1, 0.15) is 5.82 Å². The molecule has 3 aromatic heterocycles. The van der Waals surface area contributed by atoms with Crippen molar-refractivity contribution in [2.24, 2.45) is 7.05 Å². The van der Waals surface area contributed by atoms with E-state index in [1.54, 1.807) is 25.4 Å². The Morgan fingerprint density at radius 1 is 1.12 bits per heavy atom. The number of hydrogen-bond donors (Lipinski definition) is 0. The van der Waals surface area contributed by atoms with E-state index in [4.69, 9.17) is 21.3 Å². The standard InChI is InChI=1S/C25H23ClFN5O2/c1-31-25(33)19-10-22(30-24(20(19)12-28-31)18-5-2-16(26)9-21(18)27)14-6-7-34-23(8-14)15-11-29-32(13-15)17-3-4-17/h2,5,9-14,17,23H,3-4,6-8H2,1H3. The van der Waals surface area contributed by atoms with E-state index < -0.39 is 5.82 Å². The van der Waals surface area contributed by atoms with Crippen LogP contribution < -0.4 is 5.56 Å². The topological polar surface area (TPSA) is 74.8 Å². The van der Waals surface area contributed by atoms with Crippen molar-refractivity contribution >= 4 is 22.4 Å². The van der Waals surface area contributed by atoms with E-state index >= 15 is 0 Å². The fraction of sp³-hybridized carbons (Fsp3) is 0.360. The summed E-state index contributed by atoms with van der Waals surface area (Å²) in [6.45, 7) is 0.572. The summed E-state index contributed by atoms with van der Waals surface area (Å²) in [5.74, 6) is -0.434. The summed E-state index contributed by atoms with van der Waals surface area (Å²) in [6, 6.07) is 6.82. The Morgan fingerprint density at radius 2 is 1.97 bits per heavy atom. The maximum absolute atomic E-state index is 14.9. The Balaban J connectivity index is 1.43. The fourth-order valence-electron chi connectivity index (χ4n) is 4.71. The molecule has 174 valence electrons. The minimum absolute atomic E-state index is 0.0550. The quantitative estimate of drug-likeness (QED) is 0.414. The molecule has 6 rings (SSSR count). The van der Waals surface area contributed by atoms with Crippen LogP contribution in [0.4, 0.5) is 4.39 Å². The fourth-order valence-corrected chi connectivity index (χ4v) is 4.86. The number of rotatable bonds is 4. The van der Waals surface area contributed by atoms with E-state index in [0.29, 0.717) is 46.1 Å². The molecule has 0 bridgehead atoms. The van der Waals surface area contributed by atoms with Crippen molar-refractivity contribution in [2.75, 3.05) is 6.61 Å². The van der Waals surface area contributed by atoms with Gasteiger partial charge in [-0.3, -0.25) is 14.5 Å². The predicted molar refractivity (Wildman–Crippen MR) is 126 cm³/mol. The molecule has 2 unspecified atom stereocenters. The SMILES string of the molecule is Cn1ncc2c(-c3ccc(Cl)cc3F)nc(C3CCOC(c4cnn(C5CC5)c4)C3)cc2c1=O. The van der Waals surface area contributed by atoms with Gasteiger partial charge < -0.3 is 4.74 Å². The first-order valence-corrected chi connectivity index (χ1v) is 11.8. The van der Waals surface area contributed by atoms with E-state index in [9.17, 15) is 9.18 Å². The minimum atomic E-state index is -0.489. The summed E-state index contributed by atoms with van der Waals surface area (Å²) in [6.07, 6.45) is 9.25. The lowest BCUT2D eigenvalue weighted by atomic mass is 9.89. The third-order valence-electron chi connectivity index (χ3n) is 6.77. The Labute approximate surface area is 200 Å². The molecule has 2 fully saturated rings. The molecule has 2 aliphatic rings. The summed E-state index contributed by atoms with van der Waals surface area (Å²) in [5, 5.41) is 9.93. The molecule has 1 saturated carbocycles. The molecule has 4 heterocycles. The Bertz CT molecular complexity index is 1460. The zero-order valence-corrected chi connectivity index (χ0v) is 19.4. The summed E-state index contributed by atoms with van der Waals surface area (Å²) in [4.78, 5) is 17.8. The van der Waals surface area contributed by atoms with Crippen LogP contribution in [0.1, 0.15) is 55.0 Å². The third-order valence-corrected chi connectivity index (χ3v) is 7.00. The second-order valence-corrected chi connectivity index (χ2v) is 9.56. The van der Waals surface area contributed by atoms with Crippen molar-refractivity contribution in [1.29, 1.82) is 0 Å². The number of benzene rings is 1. The number of aromatic nitrogens is 5. The Morgan fingerprint density at radius 3 is 2.76 bits per heavy atom. The van der Waals surface area contributed by atoms with Crippen molar-refractivity contribution in [3.8, 4) is 11.3 Å². The number of ether oxygens (including phenoxy) is 1. The molecule has 0 spiro atoms. The molecule has 0 N–H and O–H groups in total. The highest BCUT2D eigenvalue weighted by Crippen LogP contribution is 2.40. The number of hydrogen-bond acceptors (Lipinski definition) is 5. The van der Waals surface area contributed by atoms with Crippen LogP contribution in [0.3, 0.4) is 0 Å². The maximum atomic E-state index is 14.9. The Kier molecular flexibility index (Phi) is 5.22. The molecule has 1 saturated heterocycles. The normalized spacial score (nSPS) is 20.7. The van der Waals surface area contributed by atoms with Gasteiger partial charge in [0.25, 0.3) is 5.56 Å². The summed E-state index contributed by atoms with van der Waals surface area (Å²) >= 11 is 5.97. The number of nitrogens with zero attached hydrogens (tertiary/aromatic N) is 5. The van der Waals surface area contributed by atoms with Gasteiger partial charge >= 0.3 is 0 Å². The first-order valence-electron chi connectivity index (χ1n) is 11.5. The Hall–Kier alpha value is -3.10. The van der Waals surface area contributed by atoms with Gasteiger partial charge in [-0.15, -0.1) is 0 Å². The van der Waals surface area contributed by atoms with Gasteiger partial charge in [0.05, 0.1) is 35.6 Å². The second kappa shape index (κ2) is 8.29. The predicted octanol–water partition coefficient (Wildman–Crippen LogP) is 4.95. The lowest BCUT2D eigenvalue weighted by Gasteiger charge is -2.29. The molecule has 0 amide bonds. The monoisotopic (exact) mass is 479 g/mol. The molecule has 7 nitrogen and oxygen atoms in total. The van der Waals surface area contributed by atoms with Gasteiger partial charge in [-0.25, -0.2) is 9.07 Å². The number of halogens is 2. The lowest BCUT2D eigenvalue weighted by molar-refractivity contribution is 0.00463. The molecule has 1 aliphatic heterocycles. The van der Waals surface area contributed by atoms with Crippen LogP contribution in [0.5, 0.6) is 0 Å². The van der Waals surface area contributed by atoms with Gasteiger partial charge in [0.15, 0.2) is 0 Å².